The highest BCUT2D eigenvalue weighted by Crippen LogP contribution is 2.28. The SMILES string of the molecule is CCCOCCOC(c1ccccc1Cl)C(N)CC. The predicted molar refractivity (Wildman–Crippen MR) is 79.5 cm³/mol. The number of rotatable bonds is 9. The summed E-state index contributed by atoms with van der Waals surface area (Å²) in [5, 5.41) is 0.700. The highest BCUT2D eigenvalue weighted by molar-refractivity contribution is 6.31. The second kappa shape index (κ2) is 9.32. The minimum Gasteiger partial charge on any atom is -0.379 e. The average molecular weight is 286 g/mol. The van der Waals surface area contributed by atoms with Gasteiger partial charge in [-0.15, -0.1) is 0 Å². The summed E-state index contributed by atoms with van der Waals surface area (Å²) in [5.41, 5.74) is 7.09. The molecule has 1 aromatic carbocycles. The molecule has 3 nitrogen and oxygen atoms in total. The van der Waals surface area contributed by atoms with Crippen molar-refractivity contribution in [2.45, 2.75) is 38.8 Å². The maximum Gasteiger partial charge on any atom is 0.0991 e. The third kappa shape index (κ3) is 5.49. The van der Waals surface area contributed by atoms with E-state index in [0.717, 1.165) is 25.0 Å². The van der Waals surface area contributed by atoms with Crippen LogP contribution in [0.25, 0.3) is 0 Å². The molecule has 0 spiro atoms. The fourth-order valence-corrected chi connectivity index (χ4v) is 2.09. The Labute approximate surface area is 121 Å². The summed E-state index contributed by atoms with van der Waals surface area (Å²) in [6, 6.07) is 7.63. The minimum absolute atomic E-state index is 0.0638. The number of hydrogen-bond acceptors (Lipinski definition) is 3. The molecule has 0 aliphatic heterocycles. The molecule has 1 aromatic rings. The van der Waals surface area contributed by atoms with Crippen LogP contribution in [0, 0.1) is 0 Å². The molecule has 0 radical (unpaired) electrons. The highest BCUT2D eigenvalue weighted by Gasteiger charge is 2.21. The quantitative estimate of drug-likeness (QED) is 0.706. The fourth-order valence-electron chi connectivity index (χ4n) is 1.84. The van der Waals surface area contributed by atoms with E-state index < -0.39 is 0 Å². The van der Waals surface area contributed by atoms with Gasteiger partial charge in [-0.25, -0.2) is 0 Å². The van der Waals surface area contributed by atoms with Gasteiger partial charge in [0.2, 0.25) is 0 Å². The van der Waals surface area contributed by atoms with Crippen LogP contribution in [-0.4, -0.2) is 25.9 Å². The average Bonchev–Trinajstić information content (AvgIpc) is 2.43. The molecular formula is C15H24ClNO2. The molecule has 19 heavy (non-hydrogen) atoms. The standard InChI is InChI=1S/C15H24ClNO2/c1-3-9-18-10-11-19-15(14(17)4-2)12-7-5-6-8-13(12)16/h5-8,14-15H,3-4,9-11,17H2,1-2H3. The third-order valence-electron chi connectivity index (χ3n) is 2.95. The predicted octanol–water partition coefficient (Wildman–Crippen LogP) is 3.56. The first kappa shape index (κ1) is 16.4. The Morgan fingerprint density at radius 1 is 1.16 bits per heavy atom. The van der Waals surface area contributed by atoms with E-state index in [1.165, 1.54) is 0 Å². The van der Waals surface area contributed by atoms with Crippen LogP contribution in [0.5, 0.6) is 0 Å². The van der Waals surface area contributed by atoms with Gasteiger partial charge in [0.05, 0.1) is 19.3 Å². The van der Waals surface area contributed by atoms with E-state index in [4.69, 9.17) is 26.8 Å². The zero-order valence-electron chi connectivity index (χ0n) is 11.8. The molecule has 0 bridgehead atoms. The topological polar surface area (TPSA) is 44.5 Å². The summed E-state index contributed by atoms with van der Waals surface area (Å²) in [4.78, 5) is 0. The zero-order valence-corrected chi connectivity index (χ0v) is 12.5. The van der Waals surface area contributed by atoms with Crippen LogP contribution < -0.4 is 5.73 Å². The first-order valence-electron chi connectivity index (χ1n) is 6.90. The van der Waals surface area contributed by atoms with Crippen LogP contribution in [0.3, 0.4) is 0 Å². The lowest BCUT2D eigenvalue weighted by molar-refractivity contribution is -0.00762. The summed E-state index contributed by atoms with van der Waals surface area (Å²) in [5.74, 6) is 0. The third-order valence-corrected chi connectivity index (χ3v) is 3.29. The van der Waals surface area contributed by atoms with Crippen molar-refractivity contribution in [2.24, 2.45) is 5.73 Å². The molecule has 0 aliphatic carbocycles. The van der Waals surface area contributed by atoms with Crippen LogP contribution in [0.2, 0.25) is 5.02 Å². The molecule has 2 atom stereocenters. The van der Waals surface area contributed by atoms with Gasteiger partial charge in [0.1, 0.15) is 0 Å². The van der Waals surface area contributed by atoms with Gasteiger partial charge >= 0.3 is 0 Å². The van der Waals surface area contributed by atoms with Crippen molar-refractivity contribution in [1.29, 1.82) is 0 Å². The van der Waals surface area contributed by atoms with E-state index in [1.807, 2.05) is 31.2 Å². The summed E-state index contributed by atoms with van der Waals surface area (Å²) < 4.78 is 11.3. The summed E-state index contributed by atoms with van der Waals surface area (Å²) in [7, 11) is 0. The van der Waals surface area contributed by atoms with Crippen molar-refractivity contribution in [1.82, 2.24) is 0 Å². The number of halogens is 1. The zero-order chi connectivity index (χ0) is 14.1. The summed E-state index contributed by atoms with van der Waals surface area (Å²) >= 11 is 6.22. The van der Waals surface area contributed by atoms with E-state index in [2.05, 4.69) is 6.92 Å². The van der Waals surface area contributed by atoms with E-state index >= 15 is 0 Å². The maximum absolute atomic E-state index is 6.22. The number of hydrogen-bond donors (Lipinski definition) is 1. The van der Waals surface area contributed by atoms with E-state index in [9.17, 15) is 0 Å². The number of nitrogens with two attached hydrogens (primary N) is 1. The maximum atomic E-state index is 6.22. The number of benzene rings is 1. The Morgan fingerprint density at radius 3 is 2.53 bits per heavy atom. The first-order chi connectivity index (χ1) is 9.20. The minimum atomic E-state index is -0.177. The van der Waals surface area contributed by atoms with Gasteiger partial charge in [0.15, 0.2) is 0 Å². The molecule has 0 saturated heterocycles. The molecule has 0 fully saturated rings. The van der Waals surface area contributed by atoms with Gasteiger partial charge in [-0.3, -0.25) is 0 Å². The smallest absolute Gasteiger partial charge is 0.0991 e. The first-order valence-corrected chi connectivity index (χ1v) is 7.27. The van der Waals surface area contributed by atoms with Gasteiger partial charge in [-0.1, -0.05) is 43.6 Å². The molecule has 0 saturated carbocycles. The highest BCUT2D eigenvalue weighted by atomic mass is 35.5. The van der Waals surface area contributed by atoms with Crippen LogP contribution in [0.1, 0.15) is 38.4 Å². The van der Waals surface area contributed by atoms with Gasteiger partial charge in [0, 0.05) is 23.2 Å². The van der Waals surface area contributed by atoms with Crippen molar-refractivity contribution < 1.29 is 9.47 Å². The normalized spacial score (nSPS) is 14.3. The Hall–Kier alpha value is -0.610. The Balaban J connectivity index is 2.60. The largest absolute Gasteiger partial charge is 0.379 e. The fraction of sp³-hybridized carbons (Fsp3) is 0.600. The molecular weight excluding hydrogens is 262 g/mol. The Bertz CT molecular complexity index is 360. The van der Waals surface area contributed by atoms with Crippen molar-refractivity contribution in [3.05, 3.63) is 34.9 Å². The Kier molecular flexibility index (Phi) is 8.07. The second-order valence-electron chi connectivity index (χ2n) is 4.50. The molecule has 2 N–H and O–H groups in total. The van der Waals surface area contributed by atoms with Gasteiger partial charge < -0.3 is 15.2 Å². The lowest BCUT2D eigenvalue weighted by Gasteiger charge is -2.24. The van der Waals surface area contributed by atoms with Crippen LogP contribution in [0.4, 0.5) is 0 Å². The monoisotopic (exact) mass is 285 g/mol. The lowest BCUT2D eigenvalue weighted by atomic mass is 10.0. The van der Waals surface area contributed by atoms with Gasteiger partial charge in [0.25, 0.3) is 0 Å². The molecule has 4 heteroatoms. The van der Waals surface area contributed by atoms with E-state index in [-0.39, 0.29) is 12.1 Å². The second-order valence-corrected chi connectivity index (χ2v) is 4.90. The summed E-state index contributed by atoms with van der Waals surface area (Å²) in [6.07, 6.45) is 1.68. The lowest BCUT2D eigenvalue weighted by Crippen LogP contribution is -2.30. The van der Waals surface area contributed by atoms with Crippen LogP contribution in [-0.2, 0) is 9.47 Å². The van der Waals surface area contributed by atoms with E-state index in [0.29, 0.717) is 18.2 Å². The molecule has 0 heterocycles. The molecule has 0 aromatic heterocycles. The van der Waals surface area contributed by atoms with Crippen molar-refractivity contribution in [2.75, 3.05) is 19.8 Å². The van der Waals surface area contributed by atoms with Crippen molar-refractivity contribution in [3.63, 3.8) is 0 Å². The van der Waals surface area contributed by atoms with Crippen molar-refractivity contribution >= 4 is 11.6 Å². The molecule has 1 rings (SSSR count). The van der Waals surface area contributed by atoms with Gasteiger partial charge in [-0.05, 0) is 18.9 Å². The number of ether oxygens (including phenoxy) is 2. The summed E-state index contributed by atoms with van der Waals surface area (Å²) in [6.45, 7) is 6.01. The molecule has 0 amide bonds. The van der Waals surface area contributed by atoms with Crippen LogP contribution >= 0.6 is 11.6 Å². The van der Waals surface area contributed by atoms with E-state index in [1.54, 1.807) is 0 Å². The Morgan fingerprint density at radius 2 is 1.89 bits per heavy atom. The molecule has 2 unspecified atom stereocenters. The van der Waals surface area contributed by atoms with Gasteiger partial charge in [-0.2, -0.15) is 0 Å². The molecule has 0 aliphatic rings. The van der Waals surface area contributed by atoms with Crippen molar-refractivity contribution in [3.8, 4) is 0 Å². The van der Waals surface area contributed by atoms with Crippen LogP contribution in [0.15, 0.2) is 24.3 Å². The molecule has 108 valence electrons.